The molecule has 29 heavy (non-hydrogen) atoms. The lowest BCUT2D eigenvalue weighted by Crippen LogP contribution is -2.34. The van der Waals surface area contributed by atoms with E-state index in [1.54, 1.807) is 0 Å². The Hall–Kier alpha value is -3.36. The largest absolute Gasteiger partial charge is 0.466 e. The molecule has 9 heteroatoms. The highest BCUT2D eigenvalue weighted by molar-refractivity contribution is 5.82. The number of nitrogens with two attached hydrogens (primary N) is 1. The van der Waals surface area contributed by atoms with Crippen molar-refractivity contribution in [1.82, 2.24) is 9.55 Å². The number of carbonyl (C=O) groups excluding carboxylic acids is 2. The van der Waals surface area contributed by atoms with Crippen molar-refractivity contribution in [2.45, 2.75) is 33.2 Å². The number of aromatic nitrogens is 2. The number of fused-ring (bicyclic) bond motifs is 1. The molecule has 1 aromatic carbocycles. The highest BCUT2D eigenvalue weighted by atomic mass is 16.5. The van der Waals surface area contributed by atoms with Gasteiger partial charge in [0.25, 0.3) is 5.56 Å². The van der Waals surface area contributed by atoms with Gasteiger partial charge in [0, 0.05) is 26.9 Å². The van der Waals surface area contributed by atoms with Gasteiger partial charge in [0.05, 0.1) is 13.3 Å². The molecule has 2 N–H and O–H groups in total. The van der Waals surface area contributed by atoms with Crippen molar-refractivity contribution in [2.24, 2.45) is 0 Å². The van der Waals surface area contributed by atoms with Crippen LogP contribution in [0, 0.1) is 0 Å². The molecule has 0 spiro atoms. The zero-order valence-corrected chi connectivity index (χ0v) is 16.6. The average molecular weight is 399 g/mol. The van der Waals surface area contributed by atoms with Crippen LogP contribution in [0.15, 0.2) is 35.1 Å². The third-order valence-corrected chi connectivity index (χ3v) is 4.68. The molecule has 0 aliphatic carbocycles. The summed E-state index contributed by atoms with van der Waals surface area (Å²) in [5.41, 5.74) is 6.85. The fraction of sp³-hybridized carbons (Fsp3) is 0.400. The molecule has 9 nitrogen and oxygen atoms in total. The van der Waals surface area contributed by atoms with Gasteiger partial charge in [-0.1, -0.05) is 30.3 Å². The first kappa shape index (κ1) is 20.4. The van der Waals surface area contributed by atoms with Crippen LogP contribution in [-0.4, -0.2) is 41.2 Å². The molecule has 0 fully saturated rings. The van der Waals surface area contributed by atoms with Crippen LogP contribution >= 0.6 is 0 Å². The normalized spacial score (nSPS) is 12.8. The molecule has 1 aliphatic rings. The van der Waals surface area contributed by atoms with Gasteiger partial charge in [-0.3, -0.25) is 14.4 Å². The Kier molecular flexibility index (Phi) is 6.16. The van der Waals surface area contributed by atoms with Gasteiger partial charge in [-0.25, -0.2) is 4.57 Å². The molecule has 0 bridgehead atoms. The third kappa shape index (κ3) is 4.56. The lowest BCUT2D eigenvalue weighted by atomic mass is 10.2. The third-order valence-electron chi connectivity index (χ3n) is 4.68. The van der Waals surface area contributed by atoms with E-state index in [0.717, 1.165) is 16.6 Å². The Morgan fingerprint density at radius 3 is 2.52 bits per heavy atom. The van der Waals surface area contributed by atoms with Crippen LogP contribution in [0.2, 0.25) is 0 Å². The average Bonchev–Trinajstić information content (AvgIpc) is 2.99. The fourth-order valence-electron chi connectivity index (χ4n) is 3.39. The van der Waals surface area contributed by atoms with Gasteiger partial charge in [-0.2, -0.15) is 4.98 Å². The lowest BCUT2D eigenvalue weighted by Gasteiger charge is -2.21. The minimum atomic E-state index is -0.470. The first-order valence-corrected chi connectivity index (χ1v) is 9.49. The molecular weight excluding hydrogens is 374 g/mol. The molecule has 0 radical (unpaired) electrons. The van der Waals surface area contributed by atoms with E-state index < -0.39 is 11.5 Å². The summed E-state index contributed by atoms with van der Waals surface area (Å²) in [5, 5.41) is 0. The number of hydrogen-bond acceptors (Lipinski definition) is 8. The Labute approximate surface area is 168 Å². The molecule has 0 amide bonds. The summed E-state index contributed by atoms with van der Waals surface area (Å²) in [6, 6.07) is 9.77. The van der Waals surface area contributed by atoms with Gasteiger partial charge >= 0.3 is 5.97 Å². The summed E-state index contributed by atoms with van der Waals surface area (Å²) in [4.78, 5) is 44.0. The van der Waals surface area contributed by atoms with Gasteiger partial charge in [0.1, 0.15) is 5.69 Å². The van der Waals surface area contributed by atoms with E-state index in [-0.39, 0.29) is 11.9 Å². The Balaban J connectivity index is 1.86. The second kappa shape index (κ2) is 8.76. The topological polar surface area (TPSA) is 111 Å². The standard InChI is InChI=1S/C20H25N5O4/c1-14(26)25-19(28)17-18(22-20(25)21)23(10-6-7-11-29-15(2)27)13-24(17)12-16-8-4-3-5-9-16/h3-5,8-9H,6-7,10-13H2,1-2H3,(H2,21,22). The van der Waals surface area contributed by atoms with Crippen LogP contribution in [0.5, 0.6) is 0 Å². The molecule has 0 saturated heterocycles. The molecule has 0 unspecified atom stereocenters. The van der Waals surface area contributed by atoms with Crippen LogP contribution in [0.25, 0.3) is 0 Å². The first-order valence-electron chi connectivity index (χ1n) is 9.49. The van der Waals surface area contributed by atoms with E-state index in [2.05, 4.69) is 4.98 Å². The monoisotopic (exact) mass is 399 g/mol. The summed E-state index contributed by atoms with van der Waals surface area (Å²) < 4.78 is 5.87. The number of nitrogens with zero attached hydrogens (tertiary/aromatic N) is 4. The van der Waals surface area contributed by atoms with E-state index in [9.17, 15) is 14.4 Å². The molecule has 2 aromatic rings. The number of hydrogen-bond donors (Lipinski definition) is 1. The number of anilines is 3. The number of benzene rings is 1. The predicted molar refractivity (Wildman–Crippen MR) is 110 cm³/mol. The van der Waals surface area contributed by atoms with Crippen LogP contribution in [0.1, 0.15) is 37.0 Å². The fourth-order valence-corrected chi connectivity index (χ4v) is 3.39. The zero-order valence-electron chi connectivity index (χ0n) is 16.6. The highest BCUT2D eigenvalue weighted by Crippen LogP contribution is 2.33. The predicted octanol–water partition coefficient (Wildman–Crippen LogP) is 1.61. The van der Waals surface area contributed by atoms with E-state index in [4.69, 9.17) is 10.5 Å². The first-order chi connectivity index (χ1) is 13.9. The van der Waals surface area contributed by atoms with Crippen molar-refractivity contribution in [1.29, 1.82) is 0 Å². The second-order valence-electron chi connectivity index (χ2n) is 6.94. The van der Waals surface area contributed by atoms with E-state index in [1.807, 2.05) is 40.1 Å². The molecule has 0 atom stereocenters. The number of carbonyl (C=O) groups is 2. The van der Waals surface area contributed by atoms with Crippen LogP contribution in [-0.2, 0) is 16.1 Å². The van der Waals surface area contributed by atoms with E-state index >= 15 is 0 Å². The van der Waals surface area contributed by atoms with Gasteiger partial charge < -0.3 is 20.3 Å². The van der Waals surface area contributed by atoms with Crippen LogP contribution < -0.4 is 21.1 Å². The maximum atomic E-state index is 13.0. The Morgan fingerprint density at radius 2 is 1.86 bits per heavy atom. The smallest absolute Gasteiger partial charge is 0.302 e. The Bertz CT molecular complexity index is 957. The van der Waals surface area contributed by atoms with Gasteiger partial charge in [0.15, 0.2) is 5.82 Å². The maximum Gasteiger partial charge on any atom is 0.302 e. The molecule has 154 valence electrons. The van der Waals surface area contributed by atoms with Crippen LogP contribution in [0.3, 0.4) is 0 Å². The van der Waals surface area contributed by atoms with Gasteiger partial charge in [-0.05, 0) is 18.4 Å². The van der Waals surface area contributed by atoms with Crippen LogP contribution in [0.4, 0.5) is 17.5 Å². The summed E-state index contributed by atoms with van der Waals surface area (Å²) in [5.74, 6) is -0.409. The molecule has 1 aliphatic heterocycles. The van der Waals surface area contributed by atoms with Gasteiger partial charge in [-0.15, -0.1) is 0 Å². The summed E-state index contributed by atoms with van der Waals surface area (Å²) in [6.07, 6.45) is 1.45. The number of nitrogen functional groups attached to an aromatic ring is 1. The Morgan fingerprint density at radius 1 is 1.14 bits per heavy atom. The van der Waals surface area contributed by atoms with Crippen molar-refractivity contribution in [3.8, 4) is 0 Å². The minimum Gasteiger partial charge on any atom is -0.466 e. The summed E-state index contributed by atoms with van der Waals surface area (Å²) in [6.45, 7) is 4.61. The SMILES string of the molecule is CC(=O)OCCCCN1CN(Cc2ccccc2)c2c1nc(N)n(C(C)=O)c2=O. The molecule has 2 heterocycles. The van der Waals surface area contributed by atoms with E-state index in [1.165, 1.54) is 13.8 Å². The summed E-state index contributed by atoms with van der Waals surface area (Å²) >= 11 is 0. The highest BCUT2D eigenvalue weighted by Gasteiger charge is 2.32. The quantitative estimate of drug-likeness (QED) is 0.552. The van der Waals surface area contributed by atoms with Crippen molar-refractivity contribution < 1.29 is 14.3 Å². The number of unbranched alkanes of at least 4 members (excludes halogenated alkanes) is 1. The molecular formula is C20H25N5O4. The molecule has 0 saturated carbocycles. The van der Waals surface area contributed by atoms with Crippen molar-refractivity contribution in [3.63, 3.8) is 0 Å². The molecule has 3 rings (SSSR count). The van der Waals surface area contributed by atoms with Crippen molar-refractivity contribution in [3.05, 3.63) is 46.2 Å². The number of esters is 1. The summed E-state index contributed by atoms with van der Waals surface area (Å²) in [7, 11) is 0. The number of rotatable bonds is 7. The van der Waals surface area contributed by atoms with Crippen molar-refractivity contribution >= 4 is 29.3 Å². The number of ether oxygens (including phenoxy) is 1. The second-order valence-corrected chi connectivity index (χ2v) is 6.94. The maximum absolute atomic E-state index is 13.0. The molecule has 1 aromatic heterocycles. The lowest BCUT2D eigenvalue weighted by molar-refractivity contribution is -0.141. The van der Waals surface area contributed by atoms with Crippen molar-refractivity contribution in [2.75, 3.05) is 35.4 Å². The van der Waals surface area contributed by atoms with Gasteiger partial charge in [0.2, 0.25) is 11.9 Å². The zero-order chi connectivity index (χ0) is 21.0. The van der Waals surface area contributed by atoms with E-state index in [0.29, 0.717) is 44.3 Å². The minimum absolute atomic E-state index is 0.118.